The summed E-state index contributed by atoms with van der Waals surface area (Å²) in [5.74, 6) is -1.02. The third-order valence-electron chi connectivity index (χ3n) is 5.20. The van der Waals surface area contributed by atoms with Crippen molar-refractivity contribution in [1.82, 2.24) is 4.90 Å². The number of carbonyl (C=O) groups is 3. The lowest BCUT2D eigenvalue weighted by Crippen LogP contribution is -2.36. The Morgan fingerprint density at radius 3 is 2.52 bits per heavy atom. The summed E-state index contributed by atoms with van der Waals surface area (Å²) in [6.45, 7) is 1.81. The molecule has 2 fully saturated rings. The first kappa shape index (κ1) is 23.0. The van der Waals surface area contributed by atoms with Crippen LogP contribution >= 0.6 is 23.4 Å². The number of anilines is 1. The molecule has 0 bridgehead atoms. The number of nitrogens with zero attached hydrogens (tertiary/aromatic N) is 3. The standard InChI is InChI=1S/C22H18ClN3O6S/c23-16-3-1-14(2-4-16)19(27)13-25-21(28)20(33-22(25)29)12-15-11-17(26(30)31)5-6-18(15)24-7-9-32-10-8-24/h1-6,11-12H,7-10,13H2/b20-12-. The van der Waals surface area contributed by atoms with E-state index in [-0.39, 0.29) is 10.6 Å². The van der Waals surface area contributed by atoms with Crippen LogP contribution in [0.2, 0.25) is 5.02 Å². The average molecular weight is 488 g/mol. The number of halogens is 1. The van der Waals surface area contributed by atoms with E-state index in [0.717, 1.165) is 4.90 Å². The van der Waals surface area contributed by atoms with Gasteiger partial charge in [-0.2, -0.15) is 0 Å². The number of amides is 2. The molecule has 2 aromatic rings. The molecule has 33 heavy (non-hydrogen) atoms. The molecule has 4 rings (SSSR count). The summed E-state index contributed by atoms with van der Waals surface area (Å²) in [5, 5.41) is 11.2. The van der Waals surface area contributed by atoms with Crippen LogP contribution < -0.4 is 4.90 Å². The Bertz CT molecular complexity index is 1160. The van der Waals surface area contributed by atoms with Crippen LogP contribution in [0, 0.1) is 10.1 Å². The van der Waals surface area contributed by atoms with E-state index in [1.807, 2.05) is 4.90 Å². The van der Waals surface area contributed by atoms with Gasteiger partial charge in [0, 0.05) is 47.1 Å². The van der Waals surface area contributed by atoms with Crippen LogP contribution in [0.15, 0.2) is 47.4 Å². The lowest BCUT2D eigenvalue weighted by molar-refractivity contribution is -0.384. The predicted octanol–water partition coefficient (Wildman–Crippen LogP) is 4.00. The highest BCUT2D eigenvalue weighted by Crippen LogP contribution is 2.35. The first-order chi connectivity index (χ1) is 15.8. The minimum Gasteiger partial charge on any atom is -0.378 e. The van der Waals surface area contributed by atoms with Gasteiger partial charge in [-0.1, -0.05) is 11.6 Å². The van der Waals surface area contributed by atoms with E-state index in [2.05, 4.69) is 0 Å². The molecule has 0 saturated carbocycles. The van der Waals surface area contributed by atoms with Crippen molar-refractivity contribution in [2.75, 3.05) is 37.7 Å². The largest absolute Gasteiger partial charge is 0.378 e. The van der Waals surface area contributed by atoms with Gasteiger partial charge < -0.3 is 9.64 Å². The molecule has 2 amide bonds. The number of non-ortho nitro benzene ring substituents is 1. The van der Waals surface area contributed by atoms with Gasteiger partial charge >= 0.3 is 0 Å². The van der Waals surface area contributed by atoms with Crippen molar-refractivity contribution in [3.05, 3.63) is 73.6 Å². The van der Waals surface area contributed by atoms with Gasteiger partial charge in [-0.15, -0.1) is 0 Å². The number of morpholine rings is 1. The number of imide groups is 1. The van der Waals surface area contributed by atoms with E-state index in [1.165, 1.54) is 30.3 Å². The quantitative estimate of drug-likeness (QED) is 0.260. The lowest BCUT2D eigenvalue weighted by Gasteiger charge is -2.30. The molecule has 11 heteroatoms. The van der Waals surface area contributed by atoms with E-state index in [4.69, 9.17) is 16.3 Å². The zero-order chi connectivity index (χ0) is 23.5. The van der Waals surface area contributed by atoms with Gasteiger partial charge in [0.25, 0.3) is 16.8 Å². The number of thioether (sulfide) groups is 1. The molecule has 2 heterocycles. The number of nitro groups is 1. The normalized spacial score (nSPS) is 17.7. The topological polar surface area (TPSA) is 110 Å². The number of Topliss-reactive ketones (excluding diaryl/α,β-unsaturated/α-hetero) is 1. The Hall–Kier alpha value is -3.21. The highest BCUT2D eigenvalue weighted by Gasteiger charge is 2.36. The highest BCUT2D eigenvalue weighted by atomic mass is 35.5. The zero-order valence-electron chi connectivity index (χ0n) is 17.2. The fourth-order valence-electron chi connectivity index (χ4n) is 3.51. The summed E-state index contributed by atoms with van der Waals surface area (Å²) in [7, 11) is 0. The molecule has 0 spiro atoms. The number of hydrogen-bond acceptors (Lipinski definition) is 8. The first-order valence-corrected chi connectivity index (χ1v) is 11.2. The number of benzene rings is 2. The van der Waals surface area contributed by atoms with Crippen molar-refractivity contribution >= 4 is 57.7 Å². The smallest absolute Gasteiger partial charge is 0.293 e. The molecule has 0 N–H and O–H groups in total. The van der Waals surface area contributed by atoms with Crippen LogP contribution in [0.1, 0.15) is 15.9 Å². The Balaban J connectivity index is 1.61. The Morgan fingerprint density at radius 1 is 1.15 bits per heavy atom. The minimum absolute atomic E-state index is 0.0962. The van der Waals surface area contributed by atoms with Crippen LogP contribution in [0.5, 0.6) is 0 Å². The molecule has 0 aromatic heterocycles. The van der Waals surface area contributed by atoms with Crippen LogP contribution in [-0.4, -0.2) is 59.6 Å². The molecule has 0 aliphatic carbocycles. The molecular formula is C22H18ClN3O6S. The molecule has 0 radical (unpaired) electrons. The van der Waals surface area contributed by atoms with Crippen LogP contribution in [0.3, 0.4) is 0 Å². The lowest BCUT2D eigenvalue weighted by atomic mass is 10.1. The molecule has 9 nitrogen and oxygen atoms in total. The number of carbonyl (C=O) groups excluding carboxylic acids is 3. The van der Waals surface area contributed by atoms with E-state index in [0.29, 0.717) is 59.9 Å². The second-order valence-corrected chi connectivity index (χ2v) is 8.73. The van der Waals surface area contributed by atoms with Crippen molar-refractivity contribution in [1.29, 1.82) is 0 Å². The maximum atomic E-state index is 12.9. The molecule has 0 atom stereocenters. The Kier molecular flexibility index (Phi) is 6.77. The van der Waals surface area contributed by atoms with Crippen molar-refractivity contribution in [2.45, 2.75) is 0 Å². The summed E-state index contributed by atoms with van der Waals surface area (Å²) in [5.41, 5.74) is 1.35. The molecule has 2 aromatic carbocycles. The van der Waals surface area contributed by atoms with Crippen molar-refractivity contribution in [2.24, 2.45) is 0 Å². The molecule has 2 aliphatic heterocycles. The van der Waals surface area contributed by atoms with E-state index < -0.39 is 28.4 Å². The van der Waals surface area contributed by atoms with Crippen molar-refractivity contribution < 1.29 is 24.0 Å². The number of nitro benzene ring substituents is 1. The van der Waals surface area contributed by atoms with Gasteiger partial charge in [0.2, 0.25) is 0 Å². The number of ether oxygens (including phenoxy) is 1. The van der Waals surface area contributed by atoms with Gasteiger partial charge in [-0.25, -0.2) is 0 Å². The predicted molar refractivity (Wildman–Crippen MR) is 125 cm³/mol. The van der Waals surface area contributed by atoms with E-state index in [9.17, 15) is 24.5 Å². The van der Waals surface area contributed by atoms with E-state index in [1.54, 1.807) is 18.2 Å². The zero-order valence-corrected chi connectivity index (χ0v) is 18.8. The summed E-state index contributed by atoms with van der Waals surface area (Å²) in [6, 6.07) is 10.6. The second kappa shape index (κ2) is 9.74. The fourth-order valence-corrected chi connectivity index (χ4v) is 4.47. The Morgan fingerprint density at radius 2 is 1.85 bits per heavy atom. The second-order valence-electron chi connectivity index (χ2n) is 7.30. The highest BCUT2D eigenvalue weighted by molar-refractivity contribution is 8.18. The van der Waals surface area contributed by atoms with Crippen molar-refractivity contribution in [3.63, 3.8) is 0 Å². The first-order valence-electron chi connectivity index (χ1n) is 9.99. The monoisotopic (exact) mass is 487 g/mol. The van der Waals surface area contributed by atoms with Gasteiger partial charge in [-0.3, -0.25) is 29.4 Å². The third-order valence-corrected chi connectivity index (χ3v) is 6.36. The van der Waals surface area contributed by atoms with Gasteiger partial charge in [-0.05, 0) is 48.2 Å². The Labute approximate surface area is 198 Å². The average Bonchev–Trinajstić information content (AvgIpc) is 3.07. The van der Waals surface area contributed by atoms with Crippen LogP contribution in [-0.2, 0) is 9.53 Å². The van der Waals surface area contributed by atoms with Crippen LogP contribution in [0.25, 0.3) is 6.08 Å². The summed E-state index contributed by atoms with van der Waals surface area (Å²) < 4.78 is 5.37. The van der Waals surface area contributed by atoms with Crippen molar-refractivity contribution in [3.8, 4) is 0 Å². The van der Waals surface area contributed by atoms with Crippen LogP contribution in [0.4, 0.5) is 16.2 Å². The molecule has 0 unspecified atom stereocenters. The summed E-state index contributed by atoms with van der Waals surface area (Å²) in [4.78, 5) is 51.7. The number of rotatable bonds is 6. The molecule has 170 valence electrons. The van der Waals surface area contributed by atoms with Gasteiger partial charge in [0.15, 0.2) is 5.78 Å². The SMILES string of the molecule is O=C(CN1C(=O)S/C(=C\c2cc([N+](=O)[O-])ccc2N2CCOCC2)C1=O)c1ccc(Cl)cc1. The maximum absolute atomic E-state index is 12.9. The fraction of sp³-hybridized carbons (Fsp3) is 0.227. The molecule has 2 aliphatic rings. The molecule has 2 saturated heterocycles. The molecular weight excluding hydrogens is 470 g/mol. The summed E-state index contributed by atoms with van der Waals surface area (Å²) >= 11 is 6.53. The van der Waals surface area contributed by atoms with Gasteiger partial charge in [0.1, 0.15) is 0 Å². The van der Waals surface area contributed by atoms with Gasteiger partial charge in [0.05, 0.1) is 29.6 Å². The minimum atomic E-state index is -0.619. The summed E-state index contributed by atoms with van der Waals surface area (Å²) in [6.07, 6.45) is 1.47. The maximum Gasteiger partial charge on any atom is 0.293 e. The number of ketones is 1. The van der Waals surface area contributed by atoms with E-state index >= 15 is 0 Å². The number of hydrogen-bond donors (Lipinski definition) is 0. The third kappa shape index (κ3) is 5.08.